The molecule has 1 aromatic rings. The molecule has 0 bridgehead atoms. The SMILES string of the molecule is CCC(C)C(=O)Nc1c(F)c(F)c(C(F)(F)F)c(F)c1F. The predicted octanol–water partition coefficient (Wildman–Crippen LogP) is 4.25. The summed E-state index contributed by atoms with van der Waals surface area (Å²) in [6.07, 6.45) is -5.37. The maximum Gasteiger partial charge on any atom is 0.422 e. The number of rotatable bonds is 3. The quantitative estimate of drug-likeness (QED) is 0.655. The number of hydrogen-bond acceptors (Lipinski definition) is 1. The van der Waals surface area contributed by atoms with Crippen molar-refractivity contribution in [2.45, 2.75) is 26.4 Å². The Bertz CT molecular complexity index is 539. The lowest BCUT2D eigenvalue weighted by Gasteiger charge is -2.16. The maximum absolute atomic E-state index is 13.5. The van der Waals surface area contributed by atoms with Crippen molar-refractivity contribution < 1.29 is 35.5 Å². The average Bonchev–Trinajstić information content (AvgIpc) is 2.38. The summed E-state index contributed by atoms with van der Waals surface area (Å²) in [7, 11) is 0. The van der Waals surface area contributed by atoms with E-state index in [1.165, 1.54) is 6.92 Å². The molecule has 0 aliphatic rings. The first-order valence-electron chi connectivity index (χ1n) is 5.76. The maximum atomic E-state index is 13.5. The molecule has 0 radical (unpaired) electrons. The number of nitrogens with one attached hydrogen (secondary N) is 1. The van der Waals surface area contributed by atoms with Gasteiger partial charge < -0.3 is 5.32 Å². The number of halogens is 7. The summed E-state index contributed by atoms with van der Waals surface area (Å²) in [5.74, 6) is -11.6. The normalized spacial score (nSPS) is 13.2. The Morgan fingerprint density at radius 2 is 1.48 bits per heavy atom. The molecule has 0 saturated heterocycles. The van der Waals surface area contributed by atoms with Gasteiger partial charge in [0.1, 0.15) is 11.3 Å². The van der Waals surface area contributed by atoms with Crippen LogP contribution in [0, 0.1) is 29.2 Å². The third kappa shape index (κ3) is 3.27. The first-order valence-corrected chi connectivity index (χ1v) is 5.76. The van der Waals surface area contributed by atoms with Crippen molar-refractivity contribution in [2.75, 3.05) is 5.32 Å². The van der Waals surface area contributed by atoms with E-state index in [-0.39, 0.29) is 6.42 Å². The van der Waals surface area contributed by atoms with Crippen LogP contribution in [0.2, 0.25) is 0 Å². The molecule has 1 amide bonds. The number of anilines is 1. The Labute approximate surface area is 114 Å². The highest BCUT2D eigenvalue weighted by Crippen LogP contribution is 2.38. The molecule has 2 nitrogen and oxygen atoms in total. The number of carbonyl (C=O) groups is 1. The van der Waals surface area contributed by atoms with Crippen LogP contribution in [0.25, 0.3) is 0 Å². The molecule has 1 N–H and O–H groups in total. The van der Waals surface area contributed by atoms with E-state index in [2.05, 4.69) is 0 Å². The number of hydrogen-bond donors (Lipinski definition) is 1. The molecule has 0 heterocycles. The van der Waals surface area contributed by atoms with E-state index in [1.807, 2.05) is 0 Å². The second-order valence-corrected chi connectivity index (χ2v) is 4.30. The molecule has 0 saturated carbocycles. The molecule has 9 heteroatoms. The van der Waals surface area contributed by atoms with Crippen molar-refractivity contribution in [2.24, 2.45) is 5.92 Å². The fraction of sp³-hybridized carbons (Fsp3) is 0.417. The molecule has 118 valence electrons. The summed E-state index contributed by atoms with van der Waals surface area (Å²) in [6.45, 7) is 2.92. The standard InChI is InChI=1S/C12H10F7NO/c1-3-4(2)11(21)20-10-8(15)6(13)5(12(17,18)19)7(14)9(10)16/h4H,3H2,1-2H3,(H,20,21). The van der Waals surface area contributed by atoms with E-state index in [0.29, 0.717) is 0 Å². The van der Waals surface area contributed by atoms with Crippen molar-refractivity contribution in [3.8, 4) is 0 Å². The molecular formula is C12H10F7NO. The Morgan fingerprint density at radius 1 is 1.05 bits per heavy atom. The third-order valence-corrected chi connectivity index (χ3v) is 2.86. The van der Waals surface area contributed by atoms with E-state index in [4.69, 9.17) is 0 Å². The van der Waals surface area contributed by atoms with Gasteiger partial charge in [0, 0.05) is 5.92 Å². The highest BCUT2D eigenvalue weighted by Gasteiger charge is 2.42. The fourth-order valence-electron chi connectivity index (χ4n) is 1.42. The zero-order valence-electron chi connectivity index (χ0n) is 10.8. The summed E-state index contributed by atoms with van der Waals surface area (Å²) in [5.41, 5.74) is -4.26. The lowest BCUT2D eigenvalue weighted by molar-refractivity contribution is -0.143. The monoisotopic (exact) mass is 317 g/mol. The summed E-state index contributed by atoms with van der Waals surface area (Å²) in [4.78, 5) is 11.4. The average molecular weight is 317 g/mol. The summed E-state index contributed by atoms with van der Waals surface area (Å²) < 4.78 is 90.5. The van der Waals surface area contributed by atoms with Gasteiger partial charge in [-0.25, -0.2) is 17.6 Å². The van der Waals surface area contributed by atoms with Crippen LogP contribution in [0.1, 0.15) is 25.8 Å². The number of benzene rings is 1. The van der Waals surface area contributed by atoms with Crippen LogP contribution in [0.5, 0.6) is 0 Å². The van der Waals surface area contributed by atoms with Gasteiger partial charge >= 0.3 is 6.18 Å². The van der Waals surface area contributed by atoms with Crippen molar-refractivity contribution in [3.63, 3.8) is 0 Å². The van der Waals surface area contributed by atoms with Crippen LogP contribution < -0.4 is 5.32 Å². The molecule has 1 atom stereocenters. The smallest absolute Gasteiger partial charge is 0.321 e. The molecular weight excluding hydrogens is 307 g/mol. The molecule has 0 aliphatic heterocycles. The zero-order valence-corrected chi connectivity index (χ0v) is 10.8. The Balaban J connectivity index is 3.42. The highest BCUT2D eigenvalue weighted by atomic mass is 19.4. The molecule has 1 rings (SSSR count). The van der Waals surface area contributed by atoms with Crippen LogP contribution in [0.4, 0.5) is 36.4 Å². The minimum atomic E-state index is -5.62. The second-order valence-electron chi connectivity index (χ2n) is 4.30. The van der Waals surface area contributed by atoms with Crippen LogP contribution in [0.3, 0.4) is 0 Å². The molecule has 1 unspecified atom stereocenters. The van der Waals surface area contributed by atoms with Crippen LogP contribution in [-0.2, 0) is 11.0 Å². The van der Waals surface area contributed by atoms with E-state index >= 15 is 0 Å². The van der Waals surface area contributed by atoms with E-state index in [1.54, 1.807) is 12.2 Å². The van der Waals surface area contributed by atoms with E-state index in [0.717, 1.165) is 0 Å². The van der Waals surface area contributed by atoms with Gasteiger partial charge in [0.2, 0.25) is 5.91 Å². The summed E-state index contributed by atoms with van der Waals surface area (Å²) in [5, 5.41) is 1.55. The summed E-state index contributed by atoms with van der Waals surface area (Å²) >= 11 is 0. The molecule has 1 aromatic carbocycles. The Morgan fingerprint density at radius 3 is 1.81 bits per heavy atom. The molecule has 0 aliphatic carbocycles. The summed E-state index contributed by atoms with van der Waals surface area (Å²) in [6, 6.07) is 0. The lowest BCUT2D eigenvalue weighted by Crippen LogP contribution is -2.23. The van der Waals surface area contributed by atoms with Crippen LogP contribution in [0.15, 0.2) is 0 Å². The van der Waals surface area contributed by atoms with Crippen molar-refractivity contribution in [1.29, 1.82) is 0 Å². The number of amides is 1. The zero-order chi connectivity index (χ0) is 16.5. The fourth-order valence-corrected chi connectivity index (χ4v) is 1.42. The van der Waals surface area contributed by atoms with Gasteiger partial charge in [0.15, 0.2) is 23.3 Å². The van der Waals surface area contributed by atoms with Crippen LogP contribution >= 0.6 is 0 Å². The third-order valence-electron chi connectivity index (χ3n) is 2.86. The van der Waals surface area contributed by atoms with Gasteiger partial charge in [0.25, 0.3) is 0 Å². The van der Waals surface area contributed by atoms with Crippen molar-refractivity contribution in [1.82, 2.24) is 0 Å². The minimum Gasteiger partial charge on any atom is -0.321 e. The Kier molecular flexibility index (Phi) is 4.85. The molecule has 0 spiro atoms. The highest BCUT2D eigenvalue weighted by molar-refractivity contribution is 5.92. The van der Waals surface area contributed by atoms with E-state index in [9.17, 15) is 35.5 Å². The molecule has 0 aromatic heterocycles. The largest absolute Gasteiger partial charge is 0.422 e. The lowest BCUT2D eigenvalue weighted by atomic mass is 10.1. The van der Waals surface area contributed by atoms with Gasteiger partial charge in [-0.05, 0) is 6.42 Å². The number of alkyl halides is 3. The van der Waals surface area contributed by atoms with Gasteiger partial charge in [-0.2, -0.15) is 13.2 Å². The topological polar surface area (TPSA) is 29.1 Å². The first-order chi connectivity index (χ1) is 9.52. The van der Waals surface area contributed by atoms with Crippen molar-refractivity contribution >= 4 is 11.6 Å². The van der Waals surface area contributed by atoms with E-state index < -0.39 is 52.5 Å². The minimum absolute atomic E-state index is 0.251. The second kappa shape index (κ2) is 5.90. The van der Waals surface area contributed by atoms with Gasteiger partial charge in [-0.15, -0.1) is 0 Å². The van der Waals surface area contributed by atoms with Gasteiger partial charge in [0.05, 0.1) is 0 Å². The molecule has 21 heavy (non-hydrogen) atoms. The Hall–Kier alpha value is -1.80. The first kappa shape index (κ1) is 17.3. The van der Waals surface area contributed by atoms with Crippen LogP contribution in [-0.4, -0.2) is 5.91 Å². The van der Waals surface area contributed by atoms with Gasteiger partial charge in [-0.3, -0.25) is 4.79 Å². The number of carbonyl (C=O) groups excluding carboxylic acids is 1. The van der Waals surface area contributed by atoms with Gasteiger partial charge in [-0.1, -0.05) is 13.8 Å². The van der Waals surface area contributed by atoms with Crippen molar-refractivity contribution in [3.05, 3.63) is 28.8 Å². The molecule has 0 fully saturated rings. The predicted molar refractivity (Wildman–Crippen MR) is 59.4 cm³/mol.